The molecule has 4 heteroatoms. The van der Waals surface area contributed by atoms with Gasteiger partial charge in [0.05, 0.1) is 0 Å². The summed E-state index contributed by atoms with van der Waals surface area (Å²) in [5.74, 6) is -0.753. The Morgan fingerprint density at radius 2 is 1.40 bits per heavy atom. The molecule has 0 aliphatic heterocycles. The summed E-state index contributed by atoms with van der Waals surface area (Å²) in [6.07, 6.45) is 13.5. The largest absolute Gasteiger partial charge is 0.435 e. The third-order valence-electron chi connectivity index (χ3n) is 3.43. The molecule has 120 valence electrons. The molecule has 0 saturated carbocycles. The second-order valence-corrected chi connectivity index (χ2v) is 5.67. The molecule has 0 radical (unpaired) electrons. The van der Waals surface area contributed by atoms with E-state index in [1.54, 1.807) is 0 Å². The van der Waals surface area contributed by atoms with Crippen molar-refractivity contribution in [1.82, 2.24) is 0 Å². The van der Waals surface area contributed by atoms with Crippen molar-refractivity contribution in [3.63, 3.8) is 0 Å². The van der Waals surface area contributed by atoms with E-state index in [-0.39, 0.29) is 5.88 Å². The number of carbonyl (C=O) groups is 1. The molecule has 0 bridgehead atoms. The molecule has 1 unspecified atom stereocenters. The van der Waals surface area contributed by atoms with Crippen LogP contribution in [-0.2, 0) is 9.53 Å². The summed E-state index contributed by atoms with van der Waals surface area (Å²) >= 11 is 5.28. The predicted molar refractivity (Wildman–Crippen MR) is 83.9 cm³/mol. The molecule has 0 rings (SSSR count). The van der Waals surface area contributed by atoms with Gasteiger partial charge in [-0.05, 0) is 6.42 Å². The van der Waals surface area contributed by atoms with E-state index in [4.69, 9.17) is 11.6 Å². The quantitative estimate of drug-likeness (QED) is 0.217. The van der Waals surface area contributed by atoms with Crippen LogP contribution in [0.1, 0.15) is 84.0 Å². The van der Waals surface area contributed by atoms with Gasteiger partial charge in [0.2, 0.25) is 6.29 Å². The number of hydrogen-bond donors (Lipinski definition) is 1. The lowest BCUT2D eigenvalue weighted by Gasteiger charge is -2.10. The van der Waals surface area contributed by atoms with Crippen molar-refractivity contribution in [1.29, 1.82) is 0 Å². The van der Waals surface area contributed by atoms with E-state index in [2.05, 4.69) is 11.7 Å². The number of esters is 1. The Kier molecular flexibility index (Phi) is 14.9. The standard InChI is InChI=1S/C16H31ClO3/c1-2-3-4-5-6-7-8-9-10-11-12-13-15(18)20-16(19)14-17/h15,18H,2-14H2,1H3. The Labute approximate surface area is 129 Å². The Bertz CT molecular complexity index is 222. The lowest BCUT2D eigenvalue weighted by molar-refractivity contribution is -0.165. The van der Waals surface area contributed by atoms with Crippen molar-refractivity contribution in [3.05, 3.63) is 0 Å². The first-order valence-electron chi connectivity index (χ1n) is 8.14. The van der Waals surface area contributed by atoms with Gasteiger partial charge in [-0.15, -0.1) is 11.6 Å². The number of aliphatic hydroxyl groups excluding tert-OH is 1. The number of hydrogen-bond acceptors (Lipinski definition) is 3. The van der Waals surface area contributed by atoms with Crippen LogP contribution in [0.25, 0.3) is 0 Å². The van der Waals surface area contributed by atoms with Crippen molar-refractivity contribution < 1.29 is 14.6 Å². The van der Waals surface area contributed by atoms with E-state index in [1.807, 2.05) is 0 Å². The highest BCUT2D eigenvalue weighted by molar-refractivity contribution is 6.26. The van der Waals surface area contributed by atoms with Gasteiger partial charge in [-0.1, -0.05) is 71.1 Å². The zero-order chi connectivity index (χ0) is 15.1. The zero-order valence-corrected chi connectivity index (χ0v) is 13.7. The van der Waals surface area contributed by atoms with Gasteiger partial charge in [-0.25, -0.2) is 0 Å². The minimum Gasteiger partial charge on any atom is -0.435 e. The molecule has 0 heterocycles. The van der Waals surface area contributed by atoms with Crippen molar-refractivity contribution >= 4 is 17.6 Å². The van der Waals surface area contributed by atoms with Crippen LogP contribution in [0.4, 0.5) is 0 Å². The maximum absolute atomic E-state index is 10.8. The monoisotopic (exact) mass is 306 g/mol. The molecule has 0 saturated heterocycles. The summed E-state index contributed by atoms with van der Waals surface area (Å²) in [6.45, 7) is 2.24. The highest BCUT2D eigenvalue weighted by atomic mass is 35.5. The molecule has 1 N–H and O–H groups in total. The maximum atomic E-state index is 10.8. The van der Waals surface area contributed by atoms with Crippen molar-refractivity contribution in [2.45, 2.75) is 90.3 Å². The Morgan fingerprint density at radius 3 is 1.85 bits per heavy atom. The molecule has 0 aromatic rings. The van der Waals surface area contributed by atoms with Crippen LogP contribution in [0.3, 0.4) is 0 Å². The minimum atomic E-state index is -0.986. The molecule has 3 nitrogen and oxygen atoms in total. The first kappa shape index (κ1) is 19.7. The Hall–Kier alpha value is -0.280. The number of halogens is 1. The van der Waals surface area contributed by atoms with Gasteiger partial charge in [0.1, 0.15) is 5.88 Å². The van der Waals surface area contributed by atoms with Gasteiger partial charge in [0, 0.05) is 6.42 Å². The summed E-state index contributed by atoms with van der Waals surface area (Å²) in [4.78, 5) is 10.8. The molecule has 1 atom stereocenters. The van der Waals surface area contributed by atoms with Crippen molar-refractivity contribution in [3.8, 4) is 0 Å². The number of ether oxygens (including phenoxy) is 1. The number of carbonyl (C=O) groups excluding carboxylic acids is 1. The molecule has 0 aromatic carbocycles. The molecule has 0 aliphatic rings. The van der Waals surface area contributed by atoms with Crippen LogP contribution in [0.15, 0.2) is 0 Å². The first-order valence-corrected chi connectivity index (χ1v) is 8.67. The van der Waals surface area contributed by atoms with Gasteiger partial charge in [0.25, 0.3) is 0 Å². The molecule has 0 aliphatic carbocycles. The molecule has 0 aromatic heterocycles. The van der Waals surface area contributed by atoms with E-state index in [0.29, 0.717) is 6.42 Å². The zero-order valence-electron chi connectivity index (χ0n) is 12.9. The predicted octanol–water partition coefficient (Wildman–Crippen LogP) is 4.79. The normalized spacial score (nSPS) is 12.3. The molecule has 0 fully saturated rings. The summed E-state index contributed by atoms with van der Waals surface area (Å²) in [5, 5.41) is 9.39. The summed E-state index contributed by atoms with van der Waals surface area (Å²) < 4.78 is 4.68. The SMILES string of the molecule is CCCCCCCCCCCCCC(O)OC(=O)CCl. The highest BCUT2D eigenvalue weighted by Gasteiger charge is 2.08. The van der Waals surface area contributed by atoms with Crippen molar-refractivity contribution in [2.24, 2.45) is 0 Å². The molecular formula is C16H31ClO3. The van der Waals surface area contributed by atoms with Crippen LogP contribution < -0.4 is 0 Å². The van der Waals surface area contributed by atoms with E-state index in [9.17, 15) is 9.90 Å². The van der Waals surface area contributed by atoms with E-state index in [0.717, 1.165) is 12.8 Å². The third kappa shape index (κ3) is 14.1. The van der Waals surface area contributed by atoms with Gasteiger partial charge < -0.3 is 9.84 Å². The second kappa shape index (κ2) is 15.1. The van der Waals surface area contributed by atoms with Crippen LogP contribution in [-0.4, -0.2) is 23.2 Å². The summed E-state index contributed by atoms with van der Waals surface area (Å²) in [5.41, 5.74) is 0. The van der Waals surface area contributed by atoms with Crippen LogP contribution >= 0.6 is 11.6 Å². The van der Waals surface area contributed by atoms with Gasteiger partial charge in [-0.3, -0.25) is 4.79 Å². The molecule has 0 amide bonds. The second-order valence-electron chi connectivity index (χ2n) is 5.40. The molecular weight excluding hydrogens is 276 g/mol. The average molecular weight is 307 g/mol. The fourth-order valence-electron chi connectivity index (χ4n) is 2.23. The number of alkyl halides is 1. The van der Waals surface area contributed by atoms with Gasteiger partial charge in [0.15, 0.2) is 0 Å². The number of aliphatic hydroxyl groups is 1. The number of rotatable bonds is 14. The fourth-order valence-corrected chi connectivity index (χ4v) is 2.29. The van der Waals surface area contributed by atoms with Crippen LogP contribution in [0.5, 0.6) is 0 Å². The smallest absolute Gasteiger partial charge is 0.323 e. The third-order valence-corrected chi connectivity index (χ3v) is 3.65. The van der Waals surface area contributed by atoms with E-state index in [1.165, 1.54) is 57.8 Å². The highest BCUT2D eigenvalue weighted by Crippen LogP contribution is 2.12. The summed E-state index contributed by atoms with van der Waals surface area (Å²) in [6, 6.07) is 0. The van der Waals surface area contributed by atoms with E-state index >= 15 is 0 Å². The molecule has 20 heavy (non-hydrogen) atoms. The Morgan fingerprint density at radius 1 is 0.950 bits per heavy atom. The lowest BCUT2D eigenvalue weighted by Crippen LogP contribution is -2.18. The van der Waals surface area contributed by atoms with Crippen LogP contribution in [0.2, 0.25) is 0 Å². The lowest BCUT2D eigenvalue weighted by atomic mass is 10.1. The topological polar surface area (TPSA) is 46.5 Å². The minimum absolute atomic E-state index is 0.199. The average Bonchev–Trinajstić information content (AvgIpc) is 2.44. The fraction of sp³-hybridized carbons (Fsp3) is 0.938. The summed E-state index contributed by atoms with van der Waals surface area (Å²) in [7, 11) is 0. The van der Waals surface area contributed by atoms with Crippen LogP contribution in [0, 0.1) is 0 Å². The first-order chi connectivity index (χ1) is 9.70. The van der Waals surface area contributed by atoms with Gasteiger partial charge in [-0.2, -0.15) is 0 Å². The maximum Gasteiger partial charge on any atom is 0.323 e. The Balaban J connectivity index is 3.14. The van der Waals surface area contributed by atoms with Crippen molar-refractivity contribution in [2.75, 3.05) is 5.88 Å². The van der Waals surface area contributed by atoms with Gasteiger partial charge >= 0.3 is 5.97 Å². The number of unbranched alkanes of at least 4 members (excludes halogenated alkanes) is 10. The molecule has 0 spiro atoms. The van der Waals surface area contributed by atoms with E-state index < -0.39 is 12.3 Å².